The molecule has 0 amide bonds. The van der Waals surface area contributed by atoms with Crippen molar-refractivity contribution in [2.45, 2.75) is 13.0 Å². The Morgan fingerprint density at radius 3 is 2.80 bits per heavy atom. The minimum Gasteiger partial charge on any atom is -0.497 e. The maximum absolute atomic E-state index is 5.75. The molecule has 4 rings (SSSR count). The van der Waals surface area contributed by atoms with Crippen molar-refractivity contribution in [2.75, 3.05) is 12.4 Å². The molecular weight excluding hydrogens is 429 g/mol. The van der Waals surface area contributed by atoms with Gasteiger partial charge in [-0.25, -0.2) is 0 Å². The van der Waals surface area contributed by atoms with Gasteiger partial charge in [0.05, 0.1) is 7.11 Å². The first kappa shape index (κ1) is 16.1. The number of anilines is 1. The van der Waals surface area contributed by atoms with Gasteiger partial charge in [0, 0.05) is 15.7 Å². The number of ether oxygens (including phenoxy) is 1. The summed E-state index contributed by atoms with van der Waals surface area (Å²) in [5.74, 6) is 1.36. The SMILES string of the molecule is COc1ccc(CNc2nnc(-c3ccc4c(c3)C(I)=CC4)o2)cc1. The van der Waals surface area contributed by atoms with Crippen LogP contribution in [0.5, 0.6) is 5.75 Å². The maximum atomic E-state index is 5.75. The lowest BCUT2D eigenvalue weighted by Gasteiger charge is -2.04. The lowest BCUT2D eigenvalue weighted by molar-refractivity contribution is 0.414. The van der Waals surface area contributed by atoms with Crippen LogP contribution >= 0.6 is 22.6 Å². The van der Waals surface area contributed by atoms with Crippen LogP contribution in [0.4, 0.5) is 6.01 Å². The van der Waals surface area contributed by atoms with Gasteiger partial charge in [-0.1, -0.05) is 29.4 Å². The zero-order valence-electron chi connectivity index (χ0n) is 13.6. The van der Waals surface area contributed by atoms with Crippen LogP contribution in [0.15, 0.2) is 53.0 Å². The molecule has 1 aliphatic rings. The highest BCUT2D eigenvalue weighted by molar-refractivity contribution is 14.1. The largest absolute Gasteiger partial charge is 0.497 e. The molecule has 2 aromatic carbocycles. The fourth-order valence-corrected chi connectivity index (χ4v) is 3.47. The Labute approximate surface area is 159 Å². The fraction of sp³-hybridized carbons (Fsp3) is 0.158. The van der Waals surface area contributed by atoms with E-state index in [0.29, 0.717) is 18.5 Å². The molecule has 1 aromatic heterocycles. The van der Waals surface area contributed by atoms with Gasteiger partial charge in [-0.2, -0.15) is 0 Å². The number of nitrogens with one attached hydrogen (secondary N) is 1. The first-order chi connectivity index (χ1) is 12.2. The van der Waals surface area contributed by atoms with Crippen LogP contribution < -0.4 is 10.1 Å². The molecule has 5 nitrogen and oxygen atoms in total. The van der Waals surface area contributed by atoms with E-state index in [0.717, 1.165) is 23.3 Å². The second-order valence-electron chi connectivity index (χ2n) is 5.74. The van der Waals surface area contributed by atoms with Crippen LogP contribution in [-0.4, -0.2) is 17.3 Å². The van der Waals surface area contributed by atoms with Crippen LogP contribution in [0.1, 0.15) is 16.7 Å². The summed E-state index contributed by atoms with van der Waals surface area (Å²) in [6.07, 6.45) is 3.22. The first-order valence-electron chi connectivity index (χ1n) is 7.92. The molecule has 0 aliphatic heterocycles. The second kappa shape index (κ2) is 6.87. The van der Waals surface area contributed by atoms with Gasteiger partial charge in [-0.05, 0) is 70.0 Å². The first-order valence-corrected chi connectivity index (χ1v) is 9.00. The average Bonchev–Trinajstić information content (AvgIpc) is 3.27. The number of hydrogen-bond acceptors (Lipinski definition) is 5. The van der Waals surface area contributed by atoms with Crippen molar-refractivity contribution in [3.63, 3.8) is 0 Å². The summed E-state index contributed by atoms with van der Waals surface area (Å²) in [5.41, 5.74) is 4.64. The summed E-state index contributed by atoms with van der Waals surface area (Å²) >= 11 is 2.36. The standard InChI is InChI=1S/C19H16IN3O2/c1-24-15-7-2-12(3-8-15)11-21-19-23-22-18(25-19)14-5-4-13-6-9-17(20)16(13)10-14/h2-5,7-10H,6,11H2,1H3,(H,21,23). The summed E-state index contributed by atoms with van der Waals surface area (Å²) in [6.45, 7) is 0.608. The molecule has 3 aromatic rings. The molecular formula is C19H16IN3O2. The maximum Gasteiger partial charge on any atom is 0.316 e. The molecule has 0 spiro atoms. The molecule has 0 saturated heterocycles. The number of benzene rings is 2. The number of hydrogen-bond donors (Lipinski definition) is 1. The van der Waals surface area contributed by atoms with Crippen LogP contribution in [0.2, 0.25) is 0 Å². The minimum atomic E-state index is 0.413. The van der Waals surface area contributed by atoms with Crippen molar-refractivity contribution in [2.24, 2.45) is 0 Å². The number of rotatable bonds is 5. The van der Waals surface area contributed by atoms with Crippen molar-refractivity contribution in [1.82, 2.24) is 10.2 Å². The Kier molecular flexibility index (Phi) is 4.44. The van der Waals surface area contributed by atoms with E-state index in [1.54, 1.807) is 7.11 Å². The van der Waals surface area contributed by atoms with Gasteiger partial charge in [-0.15, -0.1) is 5.10 Å². The Morgan fingerprint density at radius 2 is 2.00 bits per heavy atom. The monoisotopic (exact) mass is 445 g/mol. The molecule has 1 aliphatic carbocycles. The predicted octanol–water partition coefficient (Wildman–Crippen LogP) is 4.69. The van der Waals surface area contributed by atoms with E-state index in [9.17, 15) is 0 Å². The van der Waals surface area contributed by atoms with Crippen molar-refractivity contribution in [1.29, 1.82) is 0 Å². The molecule has 0 unspecified atom stereocenters. The summed E-state index contributed by atoms with van der Waals surface area (Å²) in [5, 5.41) is 11.4. The topological polar surface area (TPSA) is 60.2 Å². The number of fused-ring (bicyclic) bond motifs is 1. The third-order valence-corrected chi connectivity index (χ3v) is 5.16. The minimum absolute atomic E-state index is 0.413. The third-order valence-electron chi connectivity index (χ3n) is 4.14. The van der Waals surface area contributed by atoms with Crippen molar-refractivity contribution < 1.29 is 9.15 Å². The van der Waals surface area contributed by atoms with Gasteiger partial charge < -0.3 is 14.5 Å². The molecule has 0 fully saturated rings. The molecule has 0 saturated carbocycles. The van der Waals surface area contributed by atoms with E-state index >= 15 is 0 Å². The fourth-order valence-electron chi connectivity index (χ4n) is 2.75. The van der Waals surface area contributed by atoms with Gasteiger partial charge in [0.1, 0.15) is 5.75 Å². The quantitative estimate of drug-likeness (QED) is 0.578. The Morgan fingerprint density at radius 1 is 1.16 bits per heavy atom. The zero-order chi connectivity index (χ0) is 17.2. The smallest absolute Gasteiger partial charge is 0.316 e. The second-order valence-corrected chi connectivity index (χ2v) is 6.90. The highest BCUT2D eigenvalue weighted by Gasteiger charge is 2.15. The van der Waals surface area contributed by atoms with Gasteiger partial charge in [0.15, 0.2) is 0 Å². The molecule has 25 heavy (non-hydrogen) atoms. The normalized spacial score (nSPS) is 12.6. The number of halogens is 1. The molecule has 0 radical (unpaired) electrons. The predicted molar refractivity (Wildman–Crippen MR) is 106 cm³/mol. The molecule has 1 heterocycles. The van der Waals surface area contributed by atoms with Crippen molar-refractivity contribution in [3.05, 3.63) is 65.2 Å². The highest BCUT2D eigenvalue weighted by Crippen LogP contribution is 2.35. The van der Waals surface area contributed by atoms with Crippen molar-refractivity contribution >= 4 is 32.2 Å². The molecule has 0 atom stereocenters. The van der Waals surface area contributed by atoms with Gasteiger partial charge in [-0.3, -0.25) is 0 Å². The van der Waals surface area contributed by atoms with Crippen molar-refractivity contribution in [3.8, 4) is 17.2 Å². The van der Waals surface area contributed by atoms with Crippen LogP contribution in [0.25, 0.3) is 15.0 Å². The third kappa shape index (κ3) is 3.39. The number of methoxy groups -OCH3 is 1. The van der Waals surface area contributed by atoms with E-state index in [4.69, 9.17) is 9.15 Å². The van der Waals surface area contributed by atoms with E-state index in [1.165, 1.54) is 14.7 Å². The van der Waals surface area contributed by atoms with Crippen LogP contribution in [0.3, 0.4) is 0 Å². The summed E-state index contributed by atoms with van der Waals surface area (Å²) < 4.78 is 12.2. The lowest BCUT2D eigenvalue weighted by Crippen LogP contribution is -1.99. The summed E-state index contributed by atoms with van der Waals surface area (Å²) in [4.78, 5) is 0. The Bertz CT molecular complexity index is 932. The molecule has 126 valence electrons. The van der Waals surface area contributed by atoms with E-state index in [2.05, 4.69) is 56.3 Å². The zero-order valence-corrected chi connectivity index (χ0v) is 15.8. The van der Waals surface area contributed by atoms with Gasteiger partial charge in [0.25, 0.3) is 0 Å². The molecule has 6 heteroatoms. The van der Waals surface area contributed by atoms with Gasteiger partial charge in [0.2, 0.25) is 5.89 Å². The summed E-state index contributed by atoms with van der Waals surface area (Å²) in [7, 11) is 1.66. The molecule has 0 bridgehead atoms. The van der Waals surface area contributed by atoms with E-state index in [1.807, 2.05) is 30.3 Å². The highest BCUT2D eigenvalue weighted by atomic mass is 127. The van der Waals surface area contributed by atoms with E-state index in [-0.39, 0.29) is 0 Å². The molecule has 1 N–H and O–H groups in total. The van der Waals surface area contributed by atoms with Crippen LogP contribution in [-0.2, 0) is 13.0 Å². The Balaban J connectivity index is 1.47. The average molecular weight is 445 g/mol. The lowest BCUT2D eigenvalue weighted by atomic mass is 10.1. The van der Waals surface area contributed by atoms with E-state index < -0.39 is 0 Å². The Hall–Kier alpha value is -2.35. The van der Waals surface area contributed by atoms with Gasteiger partial charge >= 0.3 is 6.01 Å². The summed E-state index contributed by atoms with van der Waals surface area (Å²) in [6, 6.07) is 14.5. The number of allylic oxidation sites excluding steroid dienone is 1. The number of aromatic nitrogens is 2. The van der Waals surface area contributed by atoms with Crippen LogP contribution in [0, 0.1) is 0 Å². The number of nitrogens with zero attached hydrogens (tertiary/aromatic N) is 2.